The van der Waals surface area contributed by atoms with Crippen molar-refractivity contribution in [3.63, 3.8) is 0 Å². The minimum atomic E-state index is -0.208. The standard InChI is InChI=1S/C25H24ClN3O3/c26-22-15-20(25(31)29-12-5-2-6-13-29)17-28-24(22)32-21-11-7-10-19(14-21)23(30)27-16-18-8-3-1-4-9-18/h1,3-4,7-11,14-15,17H,2,5-6,12-13,16H2,(H,27,30). The fraction of sp³-hybridized carbons (Fsp3) is 0.240. The molecule has 164 valence electrons. The minimum Gasteiger partial charge on any atom is -0.438 e. The molecule has 7 heteroatoms. The van der Waals surface area contributed by atoms with Gasteiger partial charge in [-0.3, -0.25) is 9.59 Å². The number of nitrogens with one attached hydrogen (secondary N) is 1. The van der Waals surface area contributed by atoms with Crippen molar-refractivity contribution < 1.29 is 14.3 Å². The maximum atomic E-state index is 12.6. The zero-order valence-electron chi connectivity index (χ0n) is 17.6. The Balaban J connectivity index is 1.41. The Morgan fingerprint density at radius 1 is 0.969 bits per heavy atom. The summed E-state index contributed by atoms with van der Waals surface area (Å²) in [6.07, 6.45) is 4.67. The normalized spacial score (nSPS) is 13.5. The maximum absolute atomic E-state index is 12.6. The Bertz CT molecular complexity index is 1100. The first-order valence-corrected chi connectivity index (χ1v) is 11.0. The van der Waals surface area contributed by atoms with Gasteiger partial charge in [0.15, 0.2) is 0 Å². The highest BCUT2D eigenvalue weighted by Gasteiger charge is 2.20. The van der Waals surface area contributed by atoms with Crippen LogP contribution in [0.2, 0.25) is 5.02 Å². The van der Waals surface area contributed by atoms with Crippen molar-refractivity contribution in [1.29, 1.82) is 0 Å². The van der Waals surface area contributed by atoms with Gasteiger partial charge in [-0.15, -0.1) is 0 Å². The van der Waals surface area contributed by atoms with Crippen LogP contribution in [-0.2, 0) is 6.54 Å². The van der Waals surface area contributed by atoms with Gasteiger partial charge in [-0.05, 0) is 49.1 Å². The van der Waals surface area contributed by atoms with Crippen LogP contribution in [0.3, 0.4) is 0 Å². The number of rotatable bonds is 6. The maximum Gasteiger partial charge on any atom is 0.255 e. The van der Waals surface area contributed by atoms with Crippen molar-refractivity contribution in [3.05, 3.63) is 88.6 Å². The third-order valence-electron chi connectivity index (χ3n) is 5.30. The Morgan fingerprint density at radius 2 is 1.75 bits per heavy atom. The molecule has 4 rings (SSSR count). The second-order valence-electron chi connectivity index (χ2n) is 7.66. The summed E-state index contributed by atoms with van der Waals surface area (Å²) in [5, 5.41) is 3.13. The molecule has 0 unspecified atom stereocenters. The van der Waals surface area contributed by atoms with Crippen LogP contribution >= 0.6 is 11.6 Å². The van der Waals surface area contributed by atoms with Crippen LogP contribution < -0.4 is 10.1 Å². The molecule has 1 aliphatic rings. The molecule has 0 saturated carbocycles. The second-order valence-corrected chi connectivity index (χ2v) is 8.07. The number of likely N-dealkylation sites (tertiary alicyclic amines) is 1. The van der Waals surface area contributed by atoms with E-state index < -0.39 is 0 Å². The quantitative estimate of drug-likeness (QED) is 0.569. The molecule has 0 bridgehead atoms. The highest BCUT2D eigenvalue weighted by molar-refractivity contribution is 6.32. The van der Waals surface area contributed by atoms with Crippen LogP contribution in [0.4, 0.5) is 0 Å². The molecule has 2 amide bonds. The molecule has 0 radical (unpaired) electrons. The Labute approximate surface area is 192 Å². The summed E-state index contributed by atoms with van der Waals surface area (Å²) in [5.41, 5.74) is 1.92. The third-order valence-corrected chi connectivity index (χ3v) is 5.58. The first kappa shape index (κ1) is 21.8. The number of ether oxygens (including phenoxy) is 1. The minimum absolute atomic E-state index is 0.0669. The van der Waals surface area contributed by atoms with Gasteiger partial charge >= 0.3 is 0 Å². The number of pyridine rings is 1. The van der Waals surface area contributed by atoms with E-state index in [0.717, 1.165) is 37.9 Å². The highest BCUT2D eigenvalue weighted by atomic mass is 35.5. The Kier molecular flexibility index (Phi) is 7.02. The number of piperidine rings is 1. The van der Waals surface area contributed by atoms with Crippen LogP contribution in [-0.4, -0.2) is 34.8 Å². The highest BCUT2D eigenvalue weighted by Crippen LogP contribution is 2.29. The lowest BCUT2D eigenvalue weighted by Gasteiger charge is -2.26. The summed E-state index contributed by atoms with van der Waals surface area (Å²) >= 11 is 6.34. The first-order valence-electron chi connectivity index (χ1n) is 10.6. The largest absolute Gasteiger partial charge is 0.438 e. The second kappa shape index (κ2) is 10.3. The molecule has 0 atom stereocenters. The van der Waals surface area contributed by atoms with Gasteiger partial charge in [0.05, 0.1) is 5.56 Å². The zero-order chi connectivity index (χ0) is 22.3. The van der Waals surface area contributed by atoms with Gasteiger partial charge < -0.3 is 15.0 Å². The van der Waals surface area contributed by atoms with Crippen molar-refractivity contribution in [1.82, 2.24) is 15.2 Å². The lowest BCUT2D eigenvalue weighted by Crippen LogP contribution is -2.35. The summed E-state index contributed by atoms with van der Waals surface area (Å²) in [7, 11) is 0. The molecule has 0 spiro atoms. The number of carbonyl (C=O) groups excluding carboxylic acids is 2. The number of carbonyl (C=O) groups is 2. The zero-order valence-corrected chi connectivity index (χ0v) is 18.3. The molecule has 32 heavy (non-hydrogen) atoms. The molecular weight excluding hydrogens is 426 g/mol. The van der Waals surface area contributed by atoms with Crippen LogP contribution in [0, 0.1) is 0 Å². The van der Waals surface area contributed by atoms with E-state index in [9.17, 15) is 9.59 Å². The van der Waals surface area contributed by atoms with Gasteiger partial charge in [0.1, 0.15) is 10.8 Å². The van der Waals surface area contributed by atoms with Gasteiger partial charge in [0.25, 0.3) is 11.8 Å². The topological polar surface area (TPSA) is 71.5 Å². The van der Waals surface area contributed by atoms with Gasteiger partial charge in [-0.1, -0.05) is 48.0 Å². The lowest BCUT2D eigenvalue weighted by molar-refractivity contribution is 0.0723. The van der Waals surface area contributed by atoms with Crippen molar-refractivity contribution in [2.24, 2.45) is 0 Å². The predicted octanol–water partition coefficient (Wildman–Crippen LogP) is 5.08. The number of benzene rings is 2. The Hall–Kier alpha value is -3.38. The number of halogens is 1. The van der Waals surface area contributed by atoms with Crippen molar-refractivity contribution >= 4 is 23.4 Å². The molecular formula is C25H24ClN3O3. The van der Waals surface area contributed by atoms with Crippen LogP contribution in [0.25, 0.3) is 0 Å². The molecule has 1 saturated heterocycles. The number of hydrogen-bond acceptors (Lipinski definition) is 4. The van der Waals surface area contributed by atoms with Gasteiger partial charge in [0, 0.05) is 31.4 Å². The summed E-state index contributed by atoms with van der Waals surface area (Å²) in [5.74, 6) is 0.342. The number of nitrogens with zero attached hydrogens (tertiary/aromatic N) is 2. The number of aromatic nitrogens is 1. The summed E-state index contributed by atoms with van der Waals surface area (Å²) < 4.78 is 5.80. The van der Waals surface area contributed by atoms with E-state index in [2.05, 4.69) is 10.3 Å². The summed E-state index contributed by atoms with van der Waals surface area (Å²) in [4.78, 5) is 31.2. The Morgan fingerprint density at radius 3 is 2.50 bits per heavy atom. The smallest absolute Gasteiger partial charge is 0.255 e. The van der Waals surface area contributed by atoms with E-state index >= 15 is 0 Å². The van der Waals surface area contributed by atoms with Crippen molar-refractivity contribution in [3.8, 4) is 11.6 Å². The molecule has 2 heterocycles. The van der Waals surface area contributed by atoms with Gasteiger partial charge in [-0.2, -0.15) is 0 Å². The lowest BCUT2D eigenvalue weighted by atomic mass is 10.1. The average molecular weight is 450 g/mol. The summed E-state index contributed by atoms with van der Waals surface area (Å²) in [6, 6.07) is 18.1. The fourth-order valence-corrected chi connectivity index (χ4v) is 3.79. The molecule has 0 aliphatic carbocycles. The molecule has 1 fully saturated rings. The molecule has 1 aromatic heterocycles. The van der Waals surface area contributed by atoms with Gasteiger partial charge in [0.2, 0.25) is 5.88 Å². The van der Waals surface area contributed by atoms with E-state index in [1.807, 2.05) is 35.2 Å². The summed E-state index contributed by atoms with van der Waals surface area (Å²) in [6.45, 7) is 1.95. The fourth-order valence-electron chi connectivity index (χ4n) is 3.59. The van der Waals surface area contributed by atoms with E-state index in [1.54, 1.807) is 30.3 Å². The number of hydrogen-bond donors (Lipinski definition) is 1. The number of amides is 2. The predicted molar refractivity (Wildman–Crippen MR) is 123 cm³/mol. The van der Waals surface area contributed by atoms with E-state index in [-0.39, 0.29) is 22.7 Å². The van der Waals surface area contributed by atoms with E-state index in [1.165, 1.54) is 6.20 Å². The molecule has 2 aromatic carbocycles. The van der Waals surface area contributed by atoms with Crippen molar-refractivity contribution in [2.75, 3.05) is 13.1 Å². The van der Waals surface area contributed by atoms with Crippen LogP contribution in [0.15, 0.2) is 66.9 Å². The van der Waals surface area contributed by atoms with Crippen LogP contribution in [0.1, 0.15) is 45.5 Å². The molecule has 3 aromatic rings. The third kappa shape index (κ3) is 5.45. The first-order chi connectivity index (χ1) is 15.6. The molecule has 1 N–H and O–H groups in total. The average Bonchev–Trinajstić information content (AvgIpc) is 2.84. The van der Waals surface area contributed by atoms with E-state index in [4.69, 9.17) is 16.3 Å². The van der Waals surface area contributed by atoms with Gasteiger partial charge in [-0.25, -0.2) is 4.98 Å². The molecule has 6 nitrogen and oxygen atoms in total. The monoisotopic (exact) mass is 449 g/mol. The van der Waals surface area contributed by atoms with Crippen molar-refractivity contribution in [2.45, 2.75) is 25.8 Å². The molecule has 1 aliphatic heterocycles. The SMILES string of the molecule is O=C(NCc1ccccc1)c1cccc(Oc2ncc(C(=O)N3CCCCC3)cc2Cl)c1. The van der Waals surface area contributed by atoms with E-state index in [0.29, 0.717) is 23.4 Å². The van der Waals surface area contributed by atoms with Crippen LogP contribution in [0.5, 0.6) is 11.6 Å².